The van der Waals surface area contributed by atoms with E-state index in [1.807, 2.05) is 38.1 Å². The Hall–Kier alpha value is -2.23. The fraction of sp³-hybridized carbons (Fsp3) is 0.353. The molecule has 2 N–H and O–H groups in total. The number of hydrogen-bond acceptors (Lipinski definition) is 3. The van der Waals surface area contributed by atoms with Crippen LogP contribution in [0.5, 0.6) is 11.5 Å². The molecule has 1 heterocycles. The second-order valence-corrected chi connectivity index (χ2v) is 6.12. The highest BCUT2D eigenvalue weighted by Gasteiger charge is 2.31. The van der Waals surface area contributed by atoms with Crippen LogP contribution >= 0.6 is 0 Å². The summed E-state index contributed by atoms with van der Waals surface area (Å²) in [6.07, 6.45) is 1.55. The molecule has 0 fully saturated rings. The lowest BCUT2D eigenvalue weighted by atomic mass is 9.90. The van der Waals surface area contributed by atoms with Crippen LogP contribution in [-0.2, 0) is 11.2 Å². The number of ether oxygens (including phenoxy) is 1. The topological polar surface area (TPSA) is 58.6 Å². The third-order valence-electron chi connectivity index (χ3n) is 3.89. The highest BCUT2D eigenvalue weighted by Crippen LogP contribution is 2.48. The van der Waals surface area contributed by atoms with Crippen molar-refractivity contribution < 1.29 is 14.6 Å². The van der Waals surface area contributed by atoms with Gasteiger partial charge in [-0.3, -0.25) is 4.79 Å². The maximum atomic E-state index is 11.4. The predicted octanol–water partition coefficient (Wildman–Crippen LogP) is 3.61. The Bertz CT molecular complexity index is 734. The monoisotopic (exact) mass is 285 g/mol. The Morgan fingerprint density at radius 1 is 1.29 bits per heavy atom. The summed E-state index contributed by atoms with van der Waals surface area (Å²) in [6, 6.07) is 7.65. The maximum Gasteiger partial charge on any atom is 0.221 e. The van der Waals surface area contributed by atoms with Crippen molar-refractivity contribution in [3.63, 3.8) is 0 Å². The number of benzene rings is 2. The van der Waals surface area contributed by atoms with Gasteiger partial charge in [-0.25, -0.2) is 0 Å². The van der Waals surface area contributed by atoms with E-state index in [-0.39, 0.29) is 17.3 Å². The SMILES string of the molecule is CC(=O)Nc1c(O)c2c(c3ccccc13)OC(C)(C)CC2. The van der Waals surface area contributed by atoms with Gasteiger partial charge in [-0.2, -0.15) is 0 Å². The molecule has 0 saturated carbocycles. The molecular formula is C17H19NO3. The lowest BCUT2D eigenvalue weighted by Gasteiger charge is -2.34. The van der Waals surface area contributed by atoms with Crippen LogP contribution in [0.3, 0.4) is 0 Å². The van der Waals surface area contributed by atoms with Gasteiger partial charge >= 0.3 is 0 Å². The van der Waals surface area contributed by atoms with Gasteiger partial charge in [0, 0.05) is 23.3 Å². The van der Waals surface area contributed by atoms with Crippen LogP contribution in [-0.4, -0.2) is 16.6 Å². The Kier molecular flexibility index (Phi) is 3.04. The van der Waals surface area contributed by atoms with Crippen LogP contribution in [0.1, 0.15) is 32.8 Å². The van der Waals surface area contributed by atoms with E-state index in [0.717, 1.165) is 34.9 Å². The molecule has 0 spiro atoms. The number of carbonyl (C=O) groups excluding carboxylic acids is 1. The number of anilines is 1. The van der Waals surface area contributed by atoms with Crippen LogP contribution in [0.4, 0.5) is 5.69 Å². The third-order valence-corrected chi connectivity index (χ3v) is 3.89. The van der Waals surface area contributed by atoms with Crippen molar-refractivity contribution >= 4 is 22.4 Å². The molecule has 2 aromatic rings. The smallest absolute Gasteiger partial charge is 0.221 e. The van der Waals surface area contributed by atoms with Gasteiger partial charge in [0.2, 0.25) is 5.91 Å². The second kappa shape index (κ2) is 4.65. The Labute approximate surface area is 123 Å². The fourth-order valence-electron chi connectivity index (χ4n) is 2.85. The number of phenols is 1. The van der Waals surface area contributed by atoms with Crippen molar-refractivity contribution in [2.45, 2.75) is 39.2 Å². The number of phenolic OH excluding ortho intramolecular Hbond substituents is 1. The molecule has 0 aliphatic carbocycles. The molecular weight excluding hydrogens is 266 g/mol. The van der Waals surface area contributed by atoms with Gasteiger partial charge in [0.25, 0.3) is 0 Å². The first kappa shape index (κ1) is 13.7. The lowest BCUT2D eigenvalue weighted by molar-refractivity contribution is -0.114. The molecule has 0 atom stereocenters. The van der Waals surface area contributed by atoms with Crippen LogP contribution < -0.4 is 10.1 Å². The normalized spacial score (nSPS) is 16.1. The highest BCUT2D eigenvalue weighted by atomic mass is 16.5. The predicted molar refractivity (Wildman–Crippen MR) is 82.9 cm³/mol. The summed E-state index contributed by atoms with van der Waals surface area (Å²) in [7, 11) is 0. The van der Waals surface area contributed by atoms with E-state index in [0.29, 0.717) is 5.69 Å². The average Bonchev–Trinajstić information content (AvgIpc) is 2.42. The van der Waals surface area contributed by atoms with Crippen LogP contribution in [0, 0.1) is 0 Å². The van der Waals surface area contributed by atoms with Gasteiger partial charge in [0.1, 0.15) is 17.1 Å². The molecule has 1 amide bonds. The molecule has 1 aliphatic rings. The molecule has 21 heavy (non-hydrogen) atoms. The van der Waals surface area contributed by atoms with E-state index in [4.69, 9.17) is 4.74 Å². The number of rotatable bonds is 1. The summed E-state index contributed by atoms with van der Waals surface area (Å²) in [5.41, 5.74) is 0.995. The van der Waals surface area contributed by atoms with E-state index in [1.54, 1.807) is 0 Å². The summed E-state index contributed by atoms with van der Waals surface area (Å²) >= 11 is 0. The molecule has 1 aliphatic heterocycles. The number of hydrogen-bond donors (Lipinski definition) is 2. The highest BCUT2D eigenvalue weighted by molar-refractivity contribution is 6.07. The summed E-state index contributed by atoms with van der Waals surface area (Å²) in [4.78, 5) is 11.4. The number of amides is 1. The van der Waals surface area contributed by atoms with E-state index in [1.165, 1.54) is 6.92 Å². The zero-order chi connectivity index (χ0) is 15.2. The van der Waals surface area contributed by atoms with E-state index < -0.39 is 0 Å². The second-order valence-electron chi connectivity index (χ2n) is 6.12. The standard InChI is InChI=1S/C17H19NO3/c1-10(19)18-14-11-6-4-5-7-12(11)16-13(15(14)20)8-9-17(2,3)21-16/h4-7,20H,8-9H2,1-3H3,(H,18,19). The van der Waals surface area contributed by atoms with Gasteiger partial charge in [0.15, 0.2) is 0 Å². The quantitative estimate of drug-likeness (QED) is 0.787. The first-order chi connectivity index (χ1) is 9.89. The van der Waals surface area contributed by atoms with Crippen LogP contribution in [0.15, 0.2) is 24.3 Å². The van der Waals surface area contributed by atoms with Crippen LogP contribution in [0.25, 0.3) is 10.8 Å². The van der Waals surface area contributed by atoms with Gasteiger partial charge in [-0.1, -0.05) is 24.3 Å². The minimum absolute atomic E-state index is 0.120. The molecule has 0 radical (unpaired) electrons. The van der Waals surface area contributed by atoms with E-state index in [9.17, 15) is 9.90 Å². The van der Waals surface area contributed by atoms with Crippen molar-refractivity contribution in [2.24, 2.45) is 0 Å². The summed E-state index contributed by atoms with van der Waals surface area (Å²) in [5, 5.41) is 15.0. The molecule has 0 saturated heterocycles. The lowest BCUT2D eigenvalue weighted by Crippen LogP contribution is -2.32. The van der Waals surface area contributed by atoms with Gasteiger partial charge < -0.3 is 15.2 Å². The molecule has 4 heteroatoms. The molecule has 3 rings (SSSR count). The number of carbonyl (C=O) groups is 1. The Morgan fingerprint density at radius 2 is 1.95 bits per heavy atom. The number of aromatic hydroxyl groups is 1. The minimum atomic E-state index is -0.252. The maximum absolute atomic E-state index is 11.4. The van der Waals surface area contributed by atoms with E-state index >= 15 is 0 Å². The van der Waals surface area contributed by atoms with Gasteiger partial charge in [0.05, 0.1) is 5.69 Å². The Morgan fingerprint density at radius 3 is 2.62 bits per heavy atom. The van der Waals surface area contributed by atoms with Crippen molar-refractivity contribution in [2.75, 3.05) is 5.32 Å². The molecule has 0 bridgehead atoms. The molecule has 4 nitrogen and oxygen atoms in total. The zero-order valence-corrected chi connectivity index (χ0v) is 12.5. The summed E-state index contributed by atoms with van der Waals surface area (Å²) in [5.74, 6) is 0.648. The van der Waals surface area contributed by atoms with Crippen LogP contribution in [0.2, 0.25) is 0 Å². The van der Waals surface area contributed by atoms with Gasteiger partial charge in [-0.15, -0.1) is 0 Å². The average molecular weight is 285 g/mol. The zero-order valence-electron chi connectivity index (χ0n) is 12.5. The fourth-order valence-corrected chi connectivity index (χ4v) is 2.85. The molecule has 2 aromatic carbocycles. The first-order valence-electron chi connectivity index (χ1n) is 7.12. The summed E-state index contributed by atoms with van der Waals surface area (Å²) in [6.45, 7) is 5.53. The minimum Gasteiger partial charge on any atom is -0.505 e. The summed E-state index contributed by atoms with van der Waals surface area (Å²) < 4.78 is 6.10. The first-order valence-corrected chi connectivity index (χ1v) is 7.12. The largest absolute Gasteiger partial charge is 0.505 e. The van der Waals surface area contributed by atoms with E-state index in [2.05, 4.69) is 5.32 Å². The number of fused-ring (bicyclic) bond motifs is 3. The van der Waals surface area contributed by atoms with Crippen molar-refractivity contribution in [1.82, 2.24) is 0 Å². The van der Waals surface area contributed by atoms with Crippen molar-refractivity contribution in [3.8, 4) is 11.5 Å². The number of nitrogens with one attached hydrogen (secondary N) is 1. The van der Waals surface area contributed by atoms with Gasteiger partial charge in [-0.05, 0) is 26.7 Å². The van der Waals surface area contributed by atoms with Crippen molar-refractivity contribution in [1.29, 1.82) is 0 Å². The Balaban J connectivity index is 2.32. The van der Waals surface area contributed by atoms with Crippen molar-refractivity contribution in [3.05, 3.63) is 29.8 Å². The molecule has 110 valence electrons. The molecule has 0 aromatic heterocycles. The third kappa shape index (κ3) is 2.31. The molecule has 0 unspecified atom stereocenters.